The molecule has 0 aromatic carbocycles. The molecule has 1 amide bonds. The quantitative estimate of drug-likeness (QED) is 0.719. The summed E-state index contributed by atoms with van der Waals surface area (Å²) in [6, 6.07) is 7.90. The average Bonchev–Trinajstić information content (AvgIpc) is 3.22. The maximum atomic E-state index is 12.0. The van der Waals surface area contributed by atoms with Gasteiger partial charge < -0.3 is 5.32 Å². The zero-order valence-electron chi connectivity index (χ0n) is 12.0. The molecule has 1 N–H and O–H groups in total. The first-order valence-corrected chi connectivity index (χ1v) is 8.55. The third kappa shape index (κ3) is 3.72. The molecule has 0 saturated carbocycles. The largest absolute Gasteiger partial charge is 0.307 e. The van der Waals surface area contributed by atoms with Gasteiger partial charge in [-0.05, 0) is 47.5 Å². The molecule has 0 radical (unpaired) electrons. The van der Waals surface area contributed by atoms with Crippen molar-refractivity contribution in [2.75, 3.05) is 5.32 Å². The Labute approximate surface area is 136 Å². The van der Waals surface area contributed by atoms with E-state index in [4.69, 9.17) is 0 Å². The SMILES string of the molecule is Cc1ccc(C=CC(=O)Nc2ccnn2Cc2ccsc2)s1. The molecule has 0 atom stereocenters. The molecule has 3 aromatic heterocycles. The van der Waals surface area contributed by atoms with Gasteiger partial charge in [-0.25, -0.2) is 4.68 Å². The molecule has 0 fully saturated rings. The maximum Gasteiger partial charge on any atom is 0.249 e. The number of anilines is 1. The van der Waals surface area contributed by atoms with Crippen LogP contribution in [0.3, 0.4) is 0 Å². The van der Waals surface area contributed by atoms with Gasteiger partial charge in [0.25, 0.3) is 0 Å². The van der Waals surface area contributed by atoms with Gasteiger partial charge in [-0.15, -0.1) is 11.3 Å². The molecular formula is C16H15N3OS2. The van der Waals surface area contributed by atoms with Crippen LogP contribution in [0, 0.1) is 6.92 Å². The van der Waals surface area contributed by atoms with Gasteiger partial charge >= 0.3 is 0 Å². The van der Waals surface area contributed by atoms with Gasteiger partial charge in [0.1, 0.15) is 5.82 Å². The number of hydrogen-bond acceptors (Lipinski definition) is 4. The van der Waals surface area contributed by atoms with Crippen molar-refractivity contribution < 1.29 is 4.79 Å². The number of nitrogens with one attached hydrogen (secondary N) is 1. The standard InChI is InChI=1S/C16H15N3OS2/c1-12-2-3-14(22-12)4-5-16(20)18-15-6-8-17-19(15)10-13-7-9-21-11-13/h2-9,11H,10H2,1H3,(H,18,20). The van der Waals surface area contributed by atoms with Crippen LogP contribution in [0.25, 0.3) is 6.08 Å². The molecular weight excluding hydrogens is 314 g/mol. The lowest BCUT2D eigenvalue weighted by atomic mass is 10.3. The fourth-order valence-electron chi connectivity index (χ4n) is 1.99. The molecule has 3 aromatic rings. The van der Waals surface area contributed by atoms with Crippen LogP contribution in [0.2, 0.25) is 0 Å². The van der Waals surface area contributed by atoms with Crippen molar-refractivity contribution in [3.63, 3.8) is 0 Å². The molecule has 0 aliphatic carbocycles. The lowest BCUT2D eigenvalue weighted by molar-refractivity contribution is -0.111. The summed E-state index contributed by atoms with van der Waals surface area (Å²) in [6.45, 7) is 2.70. The van der Waals surface area contributed by atoms with Crippen molar-refractivity contribution in [2.45, 2.75) is 13.5 Å². The van der Waals surface area contributed by atoms with Crippen LogP contribution in [0.1, 0.15) is 15.3 Å². The Morgan fingerprint density at radius 3 is 3.00 bits per heavy atom. The molecule has 0 aliphatic heterocycles. The van der Waals surface area contributed by atoms with E-state index in [0.29, 0.717) is 12.4 Å². The van der Waals surface area contributed by atoms with E-state index in [0.717, 1.165) is 4.88 Å². The molecule has 4 nitrogen and oxygen atoms in total. The van der Waals surface area contributed by atoms with Crippen molar-refractivity contribution >= 4 is 40.5 Å². The summed E-state index contributed by atoms with van der Waals surface area (Å²) in [5.41, 5.74) is 1.17. The molecule has 0 saturated heterocycles. The number of aryl methyl sites for hydroxylation is 1. The second-order valence-electron chi connectivity index (χ2n) is 4.78. The van der Waals surface area contributed by atoms with E-state index in [1.165, 1.54) is 10.4 Å². The Morgan fingerprint density at radius 1 is 1.36 bits per heavy atom. The highest BCUT2D eigenvalue weighted by Gasteiger charge is 2.06. The van der Waals surface area contributed by atoms with Crippen LogP contribution < -0.4 is 5.32 Å². The molecule has 0 aliphatic rings. The van der Waals surface area contributed by atoms with Gasteiger partial charge in [0.2, 0.25) is 5.91 Å². The fraction of sp³-hybridized carbons (Fsp3) is 0.125. The van der Waals surface area contributed by atoms with Gasteiger partial charge in [0.05, 0.1) is 12.7 Å². The van der Waals surface area contributed by atoms with E-state index in [9.17, 15) is 4.79 Å². The van der Waals surface area contributed by atoms with Crippen molar-refractivity contribution in [3.8, 4) is 0 Å². The Balaban J connectivity index is 1.64. The van der Waals surface area contributed by atoms with Gasteiger partial charge in [0, 0.05) is 21.9 Å². The van der Waals surface area contributed by atoms with Crippen molar-refractivity contribution in [1.82, 2.24) is 9.78 Å². The monoisotopic (exact) mass is 329 g/mol. The lowest BCUT2D eigenvalue weighted by Crippen LogP contribution is -2.13. The number of rotatable bonds is 5. The summed E-state index contributed by atoms with van der Waals surface area (Å²) >= 11 is 3.31. The zero-order chi connectivity index (χ0) is 15.4. The predicted molar refractivity (Wildman–Crippen MR) is 92.4 cm³/mol. The molecule has 0 unspecified atom stereocenters. The molecule has 3 heterocycles. The van der Waals surface area contributed by atoms with E-state index in [2.05, 4.69) is 21.9 Å². The van der Waals surface area contributed by atoms with Crippen LogP contribution in [0.15, 0.2) is 47.3 Å². The maximum absolute atomic E-state index is 12.0. The van der Waals surface area contributed by atoms with Crippen LogP contribution in [0.5, 0.6) is 0 Å². The molecule has 0 bridgehead atoms. The Morgan fingerprint density at radius 2 is 2.27 bits per heavy atom. The molecule has 6 heteroatoms. The van der Waals surface area contributed by atoms with Crippen molar-refractivity contribution in [1.29, 1.82) is 0 Å². The minimum Gasteiger partial charge on any atom is -0.307 e. The number of hydrogen-bond donors (Lipinski definition) is 1. The van der Waals surface area contributed by atoms with Gasteiger partial charge in [0.15, 0.2) is 0 Å². The highest BCUT2D eigenvalue weighted by molar-refractivity contribution is 7.12. The minimum atomic E-state index is -0.155. The van der Waals surface area contributed by atoms with Crippen LogP contribution in [-0.2, 0) is 11.3 Å². The number of nitrogens with zero attached hydrogens (tertiary/aromatic N) is 2. The highest BCUT2D eigenvalue weighted by atomic mass is 32.1. The Hall–Kier alpha value is -2.18. The zero-order valence-corrected chi connectivity index (χ0v) is 13.7. The smallest absolute Gasteiger partial charge is 0.249 e. The summed E-state index contributed by atoms with van der Waals surface area (Å²) in [6.07, 6.45) is 5.06. The summed E-state index contributed by atoms with van der Waals surface area (Å²) in [4.78, 5) is 14.3. The van der Waals surface area contributed by atoms with Gasteiger partial charge in [-0.3, -0.25) is 4.79 Å². The summed E-state index contributed by atoms with van der Waals surface area (Å²) in [5, 5.41) is 11.2. The van der Waals surface area contributed by atoms with E-state index in [1.54, 1.807) is 45.7 Å². The first-order chi connectivity index (χ1) is 10.7. The van der Waals surface area contributed by atoms with Crippen LogP contribution in [0.4, 0.5) is 5.82 Å². The summed E-state index contributed by atoms with van der Waals surface area (Å²) in [5.74, 6) is 0.543. The number of carbonyl (C=O) groups excluding carboxylic acids is 1. The first-order valence-electron chi connectivity index (χ1n) is 6.79. The molecule has 0 spiro atoms. The molecule has 22 heavy (non-hydrogen) atoms. The second kappa shape index (κ2) is 6.72. The Bertz CT molecular complexity index is 784. The normalized spacial score (nSPS) is 11.1. The van der Waals surface area contributed by atoms with Crippen molar-refractivity contribution in [2.24, 2.45) is 0 Å². The van der Waals surface area contributed by atoms with Gasteiger partial charge in [-0.2, -0.15) is 16.4 Å². The number of carbonyl (C=O) groups is 1. The minimum absolute atomic E-state index is 0.155. The molecule has 3 rings (SSSR count). The Kier molecular flexibility index (Phi) is 4.50. The topological polar surface area (TPSA) is 46.9 Å². The highest BCUT2D eigenvalue weighted by Crippen LogP contribution is 2.17. The van der Waals surface area contributed by atoms with Crippen molar-refractivity contribution in [3.05, 3.63) is 62.6 Å². The van der Waals surface area contributed by atoms with E-state index in [1.807, 2.05) is 30.5 Å². The summed E-state index contributed by atoms with van der Waals surface area (Å²) in [7, 11) is 0. The third-order valence-electron chi connectivity index (χ3n) is 3.04. The first kappa shape index (κ1) is 14.7. The molecule has 112 valence electrons. The van der Waals surface area contributed by atoms with Gasteiger partial charge in [-0.1, -0.05) is 0 Å². The van der Waals surface area contributed by atoms with E-state index >= 15 is 0 Å². The van der Waals surface area contributed by atoms with Crippen LogP contribution >= 0.6 is 22.7 Å². The number of thiophene rings is 2. The third-order valence-corrected chi connectivity index (χ3v) is 4.74. The van der Waals surface area contributed by atoms with Crippen LogP contribution in [-0.4, -0.2) is 15.7 Å². The predicted octanol–water partition coefficient (Wildman–Crippen LogP) is 4.01. The average molecular weight is 329 g/mol. The van der Waals surface area contributed by atoms with E-state index in [-0.39, 0.29) is 5.91 Å². The summed E-state index contributed by atoms with van der Waals surface area (Å²) < 4.78 is 1.78. The lowest BCUT2D eigenvalue weighted by Gasteiger charge is -2.06. The fourth-order valence-corrected chi connectivity index (χ4v) is 3.43. The van der Waals surface area contributed by atoms with E-state index < -0.39 is 0 Å². The number of amides is 1. The number of aromatic nitrogens is 2. The second-order valence-corrected chi connectivity index (χ2v) is 6.88.